The van der Waals surface area contributed by atoms with E-state index in [1.54, 1.807) is 29.2 Å². The molecule has 4 aromatic carbocycles. The highest BCUT2D eigenvalue weighted by molar-refractivity contribution is 6.53. The third-order valence-electron chi connectivity index (χ3n) is 6.21. The van der Waals surface area contributed by atoms with E-state index in [1.807, 2.05) is 60.7 Å². The predicted molar refractivity (Wildman–Crippen MR) is 148 cm³/mol. The van der Waals surface area contributed by atoms with Gasteiger partial charge in [0.2, 0.25) is 0 Å². The van der Waals surface area contributed by atoms with Crippen LogP contribution in [-0.2, 0) is 22.7 Å². The van der Waals surface area contributed by atoms with Gasteiger partial charge in [0.1, 0.15) is 16.5 Å². The molecule has 0 saturated heterocycles. The Morgan fingerprint density at radius 1 is 0.769 bits per heavy atom. The second-order valence-corrected chi connectivity index (χ2v) is 9.33. The molecule has 6 nitrogen and oxygen atoms in total. The van der Waals surface area contributed by atoms with Crippen molar-refractivity contribution in [3.63, 3.8) is 0 Å². The topological polar surface area (TPSA) is 69.7 Å². The lowest BCUT2D eigenvalue weighted by Crippen LogP contribution is -2.32. The van der Waals surface area contributed by atoms with Gasteiger partial charge in [-0.2, -0.15) is 0 Å². The van der Waals surface area contributed by atoms with Gasteiger partial charge in [0.25, 0.3) is 17.7 Å². The van der Waals surface area contributed by atoms with Gasteiger partial charge in [0, 0.05) is 24.3 Å². The zero-order valence-corrected chi connectivity index (χ0v) is 21.4. The van der Waals surface area contributed by atoms with E-state index in [4.69, 9.17) is 11.6 Å². The van der Waals surface area contributed by atoms with Gasteiger partial charge in [0.05, 0.1) is 5.69 Å². The van der Waals surface area contributed by atoms with Crippen molar-refractivity contribution in [3.05, 3.63) is 142 Å². The van der Waals surface area contributed by atoms with E-state index >= 15 is 0 Å². The minimum Gasteiger partial charge on any atom is -0.350 e. The summed E-state index contributed by atoms with van der Waals surface area (Å²) in [5.41, 5.74) is 2.86. The van der Waals surface area contributed by atoms with E-state index in [2.05, 4.69) is 5.32 Å². The molecule has 0 aromatic heterocycles. The fourth-order valence-corrected chi connectivity index (χ4v) is 4.51. The van der Waals surface area contributed by atoms with E-state index in [0.29, 0.717) is 24.3 Å². The first-order valence-electron chi connectivity index (χ1n) is 12.2. The number of carbonyl (C=O) groups is 3. The number of halogens is 2. The third kappa shape index (κ3) is 5.73. The average molecular weight is 540 g/mol. The summed E-state index contributed by atoms with van der Waals surface area (Å²) in [6.45, 7) is 0.811. The highest BCUT2D eigenvalue weighted by Crippen LogP contribution is 2.30. The second-order valence-electron chi connectivity index (χ2n) is 8.95. The molecule has 0 bridgehead atoms. The highest BCUT2D eigenvalue weighted by atomic mass is 35.5. The molecule has 0 atom stereocenters. The van der Waals surface area contributed by atoms with Crippen LogP contribution in [0.15, 0.2) is 120 Å². The van der Waals surface area contributed by atoms with Gasteiger partial charge in [-0.05, 0) is 53.6 Å². The minimum absolute atomic E-state index is 0.124. The first kappa shape index (κ1) is 25.9. The van der Waals surface area contributed by atoms with Gasteiger partial charge in [-0.1, -0.05) is 78.3 Å². The Morgan fingerprint density at radius 3 is 1.95 bits per heavy atom. The number of carbonyl (C=O) groups excluding carboxylic acids is 3. The molecule has 0 unspecified atom stereocenters. The Kier molecular flexibility index (Phi) is 7.52. The van der Waals surface area contributed by atoms with Crippen LogP contribution in [-0.4, -0.2) is 22.6 Å². The lowest BCUT2D eigenvalue weighted by molar-refractivity contribution is -0.120. The smallest absolute Gasteiger partial charge is 0.283 e. The van der Waals surface area contributed by atoms with Crippen LogP contribution in [0.3, 0.4) is 0 Å². The number of rotatable bonds is 8. The maximum atomic E-state index is 13.7. The highest BCUT2D eigenvalue weighted by Gasteiger charge is 2.39. The van der Waals surface area contributed by atoms with Crippen molar-refractivity contribution in [3.8, 4) is 0 Å². The standard InChI is InChI=1S/C31H23ClFN3O3/c32-27-28(31(39)36(30(27)38)26-16-14-24(33)15-17-26)34-25-13-7-12-23(18-25)29(37)35(19-21-8-3-1-4-9-21)20-22-10-5-2-6-11-22/h1-18,34H,19-20H2. The fraction of sp³-hybridized carbons (Fsp3) is 0.0645. The van der Waals surface area contributed by atoms with Gasteiger partial charge in [-0.3, -0.25) is 14.4 Å². The monoisotopic (exact) mass is 539 g/mol. The average Bonchev–Trinajstić information content (AvgIpc) is 3.17. The predicted octanol–water partition coefficient (Wildman–Crippen LogP) is 6.10. The number of benzene rings is 4. The number of hydrogen-bond acceptors (Lipinski definition) is 4. The van der Waals surface area contributed by atoms with Crippen LogP contribution in [0.2, 0.25) is 0 Å². The molecule has 4 aromatic rings. The van der Waals surface area contributed by atoms with Crippen LogP contribution < -0.4 is 10.2 Å². The van der Waals surface area contributed by atoms with E-state index in [0.717, 1.165) is 28.2 Å². The zero-order chi connectivity index (χ0) is 27.4. The Balaban J connectivity index is 1.38. The quantitative estimate of drug-likeness (QED) is 0.275. The number of nitrogens with zero attached hydrogens (tertiary/aromatic N) is 2. The van der Waals surface area contributed by atoms with Crippen LogP contribution >= 0.6 is 11.6 Å². The zero-order valence-electron chi connectivity index (χ0n) is 20.7. The van der Waals surface area contributed by atoms with Crippen molar-refractivity contribution in [1.82, 2.24) is 4.90 Å². The molecule has 1 N–H and O–H groups in total. The van der Waals surface area contributed by atoms with Crippen LogP contribution in [0.25, 0.3) is 0 Å². The third-order valence-corrected chi connectivity index (χ3v) is 6.56. The van der Waals surface area contributed by atoms with Crippen LogP contribution in [0.1, 0.15) is 21.5 Å². The number of anilines is 2. The first-order chi connectivity index (χ1) is 18.9. The molecule has 0 spiro atoms. The molecule has 0 aliphatic carbocycles. The molecule has 0 fully saturated rings. The largest absolute Gasteiger partial charge is 0.350 e. The summed E-state index contributed by atoms with van der Waals surface area (Å²) in [5, 5.41) is 2.61. The van der Waals surface area contributed by atoms with Crippen molar-refractivity contribution in [2.24, 2.45) is 0 Å². The van der Waals surface area contributed by atoms with E-state index in [-0.39, 0.29) is 22.3 Å². The van der Waals surface area contributed by atoms with Crippen molar-refractivity contribution in [1.29, 1.82) is 0 Å². The molecule has 3 amide bonds. The summed E-state index contributed by atoms with van der Waals surface area (Å²) in [7, 11) is 0. The van der Waals surface area contributed by atoms with Crippen LogP contribution in [0, 0.1) is 5.82 Å². The van der Waals surface area contributed by atoms with Crippen molar-refractivity contribution in [2.75, 3.05) is 10.2 Å². The molecule has 5 rings (SSSR count). The van der Waals surface area contributed by atoms with Gasteiger partial charge in [-0.15, -0.1) is 0 Å². The van der Waals surface area contributed by atoms with Crippen molar-refractivity contribution in [2.45, 2.75) is 13.1 Å². The summed E-state index contributed by atoms with van der Waals surface area (Å²) in [4.78, 5) is 42.1. The molecular formula is C31H23ClFN3O3. The molecule has 8 heteroatoms. The van der Waals surface area contributed by atoms with Crippen LogP contribution in [0.4, 0.5) is 15.8 Å². The van der Waals surface area contributed by atoms with Gasteiger partial charge < -0.3 is 10.2 Å². The SMILES string of the molecule is O=C(c1cccc(NC2=C(Cl)C(=O)N(c3ccc(F)cc3)C2=O)c1)N(Cc1ccccc1)Cc1ccccc1. The maximum Gasteiger partial charge on any atom is 0.283 e. The Hall–Kier alpha value is -4.75. The molecule has 39 heavy (non-hydrogen) atoms. The first-order valence-corrected chi connectivity index (χ1v) is 12.6. The molecule has 194 valence electrons. The van der Waals surface area contributed by atoms with Crippen molar-refractivity contribution < 1.29 is 18.8 Å². The maximum absolute atomic E-state index is 13.7. The molecule has 0 radical (unpaired) electrons. The molecule has 1 aliphatic heterocycles. The van der Waals surface area contributed by atoms with Crippen molar-refractivity contribution >= 4 is 40.7 Å². The summed E-state index contributed by atoms with van der Waals surface area (Å²) in [6.07, 6.45) is 0. The Morgan fingerprint density at radius 2 is 1.36 bits per heavy atom. The molecular weight excluding hydrogens is 517 g/mol. The Bertz CT molecular complexity index is 1520. The number of hydrogen-bond donors (Lipinski definition) is 1. The molecule has 1 aliphatic rings. The second kappa shape index (κ2) is 11.3. The van der Waals surface area contributed by atoms with E-state index in [9.17, 15) is 18.8 Å². The summed E-state index contributed by atoms with van der Waals surface area (Å²) < 4.78 is 13.3. The Labute approximate surface area is 229 Å². The van der Waals surface area contributed by atoms with E-state index in [1.165, 1.54) is 12.1 Å². The van der Waals surface area contributed by atoms with Gasteiger partial charge >= 0.3 is 0 Å². The lowest BCUT2D eigenvalue weighted by Gasteiger charge is -2.23. The van der Waals surface area contributed by atoms with Gasteiger partial charge in [0.15, 0.2) is 0 Å². The van der Waals surface area contributed by atoms with Crippen LogP contribution in [0.5, 0.6) is 0 Å². The van der Waals surface area contributed by atoms with Gasteiger partial charge in [-0.25, -0.2) is 9.29 Å². The number of imide groups is 1. The minimum atomic E-state index is -0.722. The fourth-order valence-electron chi connectivity index (χ4n) is 4.30. The summed E-state index contributed by atoms with van der Waals surface area (Å²) in [6, 6.07) is 31.0. The molecule has 0 saturated carbocycles. The number of nitrogens with one attached hydrogen (secondary N) is 1. The summed E-state index contributed by atoms with van der Waals surface area (Å²) in [5.74, 6) is -2.10. The normalized spacial score (nSPS) is 13.1. The number of amides is 3. The lowest BCUT2D eigenvalue weighted by atomic mass is 10.1. The van der Waals surface area contributed by atoms with E-state index < -0.39 is 17.6 Å². The summed E-state index contributed by atoms with van der Waals surface area (Å²) >= 11 is 6.24. The molecule has 1 heterocycles.